The molecule has 0 amide bonds. The zero-order chi connectivity index (χ0) is 46.3. The maximum atomic E-state index is 12.8. The number of aliphatic carboxylic acids is 1. The Morgan fingerprint density at radius 2 is 0.841 bits per heavy atom. The minimum absolute atomic E-state index is 0.0524. The van der Waals surface area contributed by atoms with Gasteiger partial charge in [-0.2, -0.15) is 0 Å². The topological polar surface area (TPSA) is 99.1 Å². The van der Waals surface area contributed by atoms with Crippen molar-refractivity contribution in [2.45, 2.75) is 257 Å². The van der Waals surface area contributed by atoms with Gasteiger partial charge in [0.15, 0.2) is 12.1 Å². The van der Waals surface area contributed by atoms with E-state index < -0.39 is 18.1 Å². The van der Waals surface area contributed by atoms with Gasteiger partial charge >= 0.3 is 17.9 Å². The highest BCUT2D eigenvalue weighted by Gasteiger charge is 2.31. The first kappa shape index (κ1) is 60.5. The van der Waals surface area contributed by atoms with E-state index in [1.807, 2.05) is 21.1 Å². The lowest BCUT2D eigenvalue weighted by Crippen LogP contribution is -2.50. The van der Waals surface area contributed by atoms with Crippen LogP contribution in [0.1, 0.15) is 245 Å². The molecule has 0 aliphatic carbocycles. The number of ether oxygens (including phenoxy) is 3. The molecule has 0 fully saturated rings. The van der Waals surface area contributed by atoms with Gasteiger partial charge in [-0.3, -0.25) is 9.59 Å². The van der Waals surface area contributed by atoms with Crippen LogP contribution in [0.5, 0.6) is 0 Å². The maximum Gasteiger partial charge on any atom is 0.362 e. The number of hydrogen-bond donors (Lipinski definition) is 1. The third-order valence-corrected chi connectivity index (χ3v) is 12.0. The van der Waals surface area contributed by atoms with Crippen LogP contribution in [-0.4, -0.2) is 80.6 Å². The highest BCUT2D eigenvalue weighted by atomic mass is 16.6. The smallest absolute Gasteiger partial charge is 0.362 e. The number of allylic oxidation sites excluding steroid dienone is 6. The molecule has 0 aromatic carbocycles. The van der Waals surface area contributed by atoms with Crippen LogP contribution in [0.4, 0.5) is 0 Å². The summed E-state index contributed by atoms with van der Waals surface area (Å²) in [5, 5.41) is 9.66. The van der Waals surface area contributed by atoms with Gasteiger partial charge in [-0.1, -0.05) is 198 Å². The van der Waals surface area contributed by atoms with Crippen LogP contribution in [-0.2, 0) is 28.6 Å². The number of quaternary nitrogens is 1. The summed E-state index contributed by atoms with van der Waals surface area (Å²) < 4.78 is 17.4. The van der Waals surface area contributed by atoms with E-state index in [0.29, 0.717) is 19.3 Å². The summed E-state index contributed by atoms with van der Waals surface area (Å²) in [7, 11) is 5.54. The quantitative estimate of drug-likeness (QED) is 0.0214. The summed E-state index contributed by atoms with van der Waals surface area (Å²) in [5.74, 6) is -1.46. The average Bonchev–Trinajstić information content (AvgIpc) is 3.24. The summed E-state index contributed by atoms with van der Waals surface area (Å²) in [6.07, 6.45) is 54.8. The lowest BCUT2D eigenvalue weighted by atomic mass is 10.1. The molecule has 0 heterocycles. The van der Waals surface area contributed by atoms with Crippen molar-refractivity contribution in [2.24, 2.45) is 0 Å². The second-order valence-corrected chi connectivity index (χ2v) is 19.2. The summed E-state index contributed by atoms with van der Waals surface area (Å²) in [6, 6.07) is -0.616. The number of hydrogen-bond acceptors (Lipinski definition) is 6. The molecule has 0 radical (unpaired) electrons. The van der Waals surface area contributed by atoms with Crippen LogP contribution >= 0.6 is 0 Å². The van der Waals surface area contributed by atoms with Gasteiger partial charge in [-0.15, -0.1) is 0 Å². The molecule has 0 spiro atoms. The number of carbonyl (C=O) groups is 3. The minimum atomic E-state index is -0.874. The molecule has 0 aromatic rings. The Balaban J connectivity index is 4.22. The number of rotatable bonds is 48. The molecule has 0 saturated carbocycles. The van der Waals surface area contributed by atoms with Gasteiger partial charge in [-0.25, -0.2) is 4.79 Å². The molecule has 0 rings (SSSR count). The monoisotopic (exact) mass is 889 g/mol. The molecule has 0 aliphatic rings. The van der Waals surface area contributed by atoms with Crippen molar-refractivity contribution in [1.29, 1.82) is 0 Å². The molecule has 0 bridgehead atoms. The third kappa shape index (κ3) is 44.5. The van der Waals surface area contributed by atoms with Crippen LogP contribution in [0.2, 0.25) is 0 Å². The van der Waals surface area contributed by atoms with Crippen molar-refractivity contribution in [3.8, 4) is 0 Å². The normalized spacial score (nSPS) is 13.1. The zero-order valence-electron chi connectivity index (χ0n) is 42.0. The van der Waals surface area contributed by atoms with E-state index >= 15 is 0 Å². The number of esters is 2. The first-order valence-electron chi connectivity index (χ1n) is 26.5. The van der Waals surface area contributed by atoms with E-state index in [1.54, 1.807) is 0 Å². The van der Waals surface area contributed by atoms with Crippen LogP contribution in [0.25, 0.3) is 0 Å². The van der Waals surface area contributed by atoms with Gasteiger partial charge in [0, 0.05) is 19.3 Å². The molecule has 1 N–H and O–H groups in total. The predicted molar refractivity (Wildman–Crippen MR) is 266 cm³/mol. The number of carboxylic acids is 1. The molecule has 0 saturated heterocycles. The highest BCUT2D eigenvalue weighted by Crippen LogP contribution is 2.16. The fourth-order valence-electron chi connectivity index (χ4n) is 7.90. The Kier molecular flexibility index (Phi) is 44.3. The fraction of sp³-hybridized carbons (Fsp3) is 0.836. The van der Waals surface area contributed by atoms with Gasteiger partial charge in [0.25, 0.3) is 0 Å². The molecule has 0 aromatic heterocycles. The zero-order valence-corrected chi connectivity index (χ0v) is 42.0. The van der Waals surface area contributed by atoms with Gasteiger partial charge < -0.3 is 23.8 Å². The number of nitrogens with zero attached hydrogens (tertiary/aromatic N) is 1. The van der Waals surface area contributed by atoms with Crippen molar-refractivity contribution in [3.05, 3.63) is 36.5 Å². The Morgan fingerprint density at radius 3 is 1.27 bits per heavy atom. The third-order valence-electron chi connectivity index (χ3n) is 12.0. The van der Waals surface area contributed by atoms with E-state index in [2.05, 4.69) is 50.3 Å². The Morgan fingerprint density at radius 1 is 0.476 bits per heavy atom. The summed E-state index contributed by atoms with van der Waals surface area (Å²) in [6.45, 7) is 4.73. The summed E-state index contributed by atoms with van der Waals surface area (Å²) in [4.78, 5) is 37.2. The number of unbranched alkanes of at least 4 members (excludes halogenated alkanes) is 29. The Hall–Kier alpha value is -2.45. The first-order valence-corrected chi connectivity index (χ1v) is 26.5. The molecule has 63 heavy (non-hydrogen) atoms. The van der Waals surface area contributed by atoms with Crippen molar-refractivity contribution in [2.75, 3.05) is 41.0 Å². The van der Waals surface area contributed by atoms with Crippen LogP contribution in [0.15, 0.2) is 36.5 Å². The van der Waals surface area contributed by atoms with Gasteiger partial charge in [0.05, 0.1) is 34.4 Å². The van der Waals surface area contributed by atoms with Crippen molar-refractivity contribution < 1.29 is 38.2 Å². The molecule has 2 unspecified atom stereocenters. The minimum Gasteiger partial charge on any atom is -0.477 e. The fourth-order valence-corrected chi connectivity index (χ4v) is 7.90. The van der Waals surface area contributed by atoms with E-state index in [1.165, 1.54) is 173 Å². The van der Waals surface area contributed by atoms with E-state index in [4.69, 9.17) is 14.2 Å². The van der Waals surface area contributed by atoms with E-state index in [-0.39, 0.29) is 36.2 Å². The second kappa shape index (κ2) is 46.1. The molecule has 0 aliphatic heterocycles. The van der Waals surface area contributed by atoms with Gasteiger partial charge in [0.2, 0.25) is 0 Å². The van der Waals surface area contributed by atoms with Crippen LogP contribution in [0, 0.1) is 0 Å². The molecule has 2 atom stereocenters. The van der Waals surface area contributed by atoms with Gasteiger partial charge in [-0.05, 0) is 64.2 Å². The number of likely N-dealkylation sites (N-methyl/N-ethyl adjacent to an activating group) is 1. The Labute approximate surface area is 389 Å². The molecule has 368 valence electrons. The SMILES string of the molecule is CCCCC/C=C/C=C/CCCCCCCCCCCCC(=O)OC(COCCC(C(=O)O)[N+](C)(C)C)COC(=O)CCCCCCCCC/C=C/CCCCCCCCCCC. The highest BCUT2D eigenvalue weighted by molar-refractivity contribution is 5.72. The largest absolute Gasteiger partial charge is 0.477 e. The Bertz CT molecular complexity index is 1130. The van der Waals surface area contributed by atoms with E-state index in [9.17, 15) is 19.5 Å². The summed E-state index contributed by atoms with van der Waals surface area (Å²) >= 11 is 0. The maximum absolute atomic E-state index is 12.8. The lowest BCUT2D eigenvalue weighted by molar-refractivity contribution is -0.887. The lowest BCUT2D eigenvalue weighted by Gasteiger charge is -2.31. The molecular formula is C55H102NO7+. The van der Waals surface area contributed by atoms with E-state index in [0.717, 1.165) is 38.5 Å². The van der Waals surface area contributed by atoms with Crippen molar-refractivity contribution in [3.63, 3.8) is 0 Å². The van der Waals surface area contributed by atoms with Crippen molar-refractivity contribution >= 4 is 17.9 Å². The van der Waals surface area contributed by atoms with Crippen LogP contribution < -0.4 is 0 Å². The van der Waals surface area contributed by atoms with Crippen LogP contribution in [0.3, 0.4) is 0 Å². The standard InChI is InChI=1S/C55H101NO7/c1-6-8-10-12-14-16-18-20-22-24-26-28-29-31-33-35-37-39-41-43-45-53(57)62-50-51(49-61-48-47-52(55(59)60)56(3,4)5)63-54(58)46-44-42-40-38-36-34-32-30-27-25-23-21-19-17-15-13-11-9-7-2/h15,17,19,21,26,28,51-52H,6-14,16,18,20,22-25,27,29-50H2,1-5H3/p+1/b17-15+,21-19+,28-26+. The molecule has 8 heteroatoms. The summed E-state index contributed by atoms with van der Waals surface area (Å²) in [5.41, 5.74) is 0. The molecule has 8 nitrogen and oxygen atoms in total. The van der Waals surface area contributed by atoms with Gasteiger partial charge in [0.1, 0.15) is 6.61 Å². The molecular weight excluding hydrogens is 787 g/mol. The first-order chi connectivity index (χ1) is 30.6. The number of carboxylic acid groups (broad SMARTS) is 1. The average molecular weight is 889 g/mol. The predicted octanol–water partition coefficient (Wildman–Crippen LogP) is 15.4. The number of carbonyl (C=O) groups excluding carboxylic acids is 2. The second-order valence-electron chi connectivity index (χ2n) is 19.2. The van der Waals surface area contributed by atoms with Crippen molar-refractivity contribution in [1.82, 2.24) is 0 Å².